The van der Waals surface area contributed by atoms with Crippen molar-refractivity contribution in [3.8, 4) is 11.3 Å². The van der Waals surface area contributed by atoms with Gasteiger partial charge in [-0.05, 0) is 36.6 Å². The molecule has 3 aromatic rings. The lowest BCUT2D eigenvalue weighted by molar-refractivity contribution is -0.124. The van der Waals surface area contributed by atoms with Crippen LogP contribution in [0.1, 0.15) is 21.5 Å². The molecule has 0 unspecified atom stereocenters. The molecule has 0 bridgehead atoms. The number of nitrogens with one attached hydrogen (secondary N) is 1. The summed E-state index contributed by atoms with van der Waals surface area (Å²) in [5, 5.41) is 2.76. The van der Waals surface area contributed by atoms with Gasteiger partial charge in [0.2, 0.25) is 0 Å². The van der Waals surface area contributed by atoms with Crippen LogP contribution in [0.3, 0.4) is 0 Å². The summed E-state index contributed by atoms with van der Waals surface area (Å²) in [4.78, 5) is 27.8. The van der Waals surface area contributed by atoms with Crippen LogP contribution in [0.5, 0.6) is 0 Å². The Morgan fingerprint density at radius 1 is 1.11 bits per heavy atom. The van der Waals surface area contributed by atoms with Gasteiger partial charge < -0.3 is 14.5 Å². The van der Waals surface area contributed by atoms with E-state index in [2.05, 4.69) is 10.3 Å². The van der Waals surface area contributed by atoms with Crippen molar-refractivity contribution < 1.29 is 18.7 Å². The van der Waals surface area contributed by atoms with Crippen LogP contribution in [0, 0.1) is 6.92 Å². The number of hydrogen-bond acceptors (Lipinski definition) is 5. The third-order valence-corrected chi connectivity index (χ3v) is 4.15. The molecule has 0 aliphatic heterocycles. The van der Waals surface area contributed by atoms with Gasteiger partial charge in [-0.1, -0.05) is 36.4 Å². The SMILES string of the molecule is Cc1ccccc1CCNC(=O)COC(=O)c1ccc(-c2cnco2)cc1. The first-order valence-corrected chi connectivity index (χ1v) is 8.61. The van der Waals surface area contributed by atoms with Crippen LogP contribution in [0.15, 0.2) is 65.5 Å². The topological polar surface area (TPSA) is 81.4 Å². The fraction of sp³-hybridized carbons (Fsp3) is 0.190. The van der Waals surface area contributed by atoms with E-state index in [1.54, 1.807) is 30.5 Å². The Labute approximate surface area is 157 Å². The molecular weight excluding hydrogens is 344 g/mol. The molecule has 27 heavy (non-hydrogen) atoms. The highest BCUT2D eigenvalue weighted by Crippen LogP contribution is 2.19. The lowest BCUT2D eigenvalue weighted by Crippen LogP contribution is -2.30. The molecule has 0 saturated carbocycles. The summed E-state index contributed by atoms with van der Waals surface area (Å²) in [6.45, 7) is 2.22. The number of amides is 1. The van der Waals surface area contributed by atoms with Crippen LogP contribution in [0.25, 0.3) is 11.3 Å². The minimum Gasteiger partial charge on any atom is -0.452 e. The van der Waals surface area contributed by atoms with Gasteiger partial charge in [-0.25, -0.2) is 9.78 Å². The Balaban J connectivity index is 1.43. The number of benzene rings is 2. The Bertz CT molecular complexity index is 902. The van der Waals surface area contributed by atoms with E-state index in [0.29, 0.717) is 17.9 Å². The first-order valence-electron chi connectivity index (χ1n) is 8.61. The number of aromatic nitrogens is 1. The van der Waals surface area contributed by atoms with Gasteiger partial charge >= 0.3 is 5.97 Å². The van der Waals surface area contributed by atoms with Gasteiger partial charge in [0.05, 0.1) is 11.8 Å². The Kier molecular flexibility index (Phi) is 5.99. The van der Waals surface area contributed by atoms with E-state index in [1.807, 2.05) is 31.2 Å². The maximum atomic E-state index is 12.0. The smallest absolute Gasteiger partial charge is 0.338 e. The van der Waals surface area contributed by atoms with Gasteiger partial charge in [0.15, 0.2) is 18.8 Å². The molecule has 1 aromatic heterocycles. The third-order valence-electron chi connectivity index (χ3n) is 4.15. The lowest BCUT2D eigenvalue weighted by atomic mass is 10.1. The molecule has 0 atom stereocenters. The Morgan fingerprint density at radius 2 is 1.89 bits per heavy atom. The minimum atomic E-state index is -0.548. The first kappa shape index (κ1) is 18.4. The van der Waals surface area contributed by atoms with Crippen LogP contribution in [0.2, 0.25) is 0 Å². The van der Waals surface area contributed by atoms with Crippen LogP contribution >= 0.6 is 0 Å². The highest BCUT2D eigenvalue weighted by Gasteiger charge is 2.11. The van der Waals surface area contributed by atoms with Crippen molar-refractivity contribution in [1.29, 1.82) is 0 Å². The molecule has 6 nitrogen and oxygen atoms in total. The maximum Gasteiger partial charge on any atom is 0.338 e. The van der Waals surface area contributed by atoms with Gasteiger partial charge in [-0.2, -0.15) is 0 Å². The zero-order valence-corrected chi connectivity index (χ0v) is 15.0. The average molecular weight is 364 g/mol. The van der Waals surface area contributed by atoms with E-state index < -0.39 is 5.97 Å². The molecule has 2 aromatic carbocycles. The van der Waals surface area contributed by atoms with Gasteiger partial charge in [0.1, 0.15) is 0 Å². The molecule has 6 heteroatoms. The number of esters is 1. The normalized spacial score (nSPS) is 10.4. The van der Waals surface area contributed by atoms with Crippen molar-refractivity contribution in [3.05, 3.63) is 77.8 Å². The molecule has 0 spiro atoms. The summed E-state index contributed by atoms with van der Waals surface area (Å²) >= 11 is 0. The predicted octanol–water partition coefficient (Wildman–Crippen LogP) is 3.17. The standard InChI is InChI=1S/C21H20N2O4/c1-15-4-2-3-5-16(15)10-11-23-20(24)13-26-21(25)18-8-6-17(7-9-18)19-12-22-14-27-19/h2-9,12,14H,10-11,13H2,1H3,(H,23,24). The van der Waals surface area contributed by atoms with Crippen molar-refractivity contribution in [3.63, 3.8) is 0 Å². The second kappa shape index (κ2) is 8.80. The number of ether oxygens (including phenoxy) is 1. The summed E-state index contributed by atoms with van der Waals surface area (Å²) < 4.78 is 10.3. The number of aryl methyl sites for hydroxylation is 1. The largest absolute Gasteiger partial charge is 0.452 e. The maximum absolute atomic E-state index is 12.0. The number of nitrogens with zero attached hydrogens (tertiary/aromatic N) is 1. The molecule has 0 fully saturated rings. The molecule has 3 rings (SSSR count). The monoisotopic (exact) mass is 364 g/mol. The quantitative estimate of drug-likeness (QED) is 0.651. The molecule has 0 radical (unpaired) electrons. The fourth-order valence-corrected chi connectivity index (χ4v) is 2.62. The van der Waals surface area contributed by atoms with Gasteiger partial charge in [0.25, 0.3) is 5.91 Å². The van der Waals surface area contributed by atoms with Crippen LogP contribution < -0.4 is 5.32 Å². The van der Waals surface area contributed by atoms with Crippen molar-refractivity contribution >= 4 is 11.9 Å². The lowest BCUT2D eigenvalue weighted by Gasteiger charge is -2.08. The third kappa shape index (κ3) is 5.04. The first-order chi connectivity index (χ1) is 13.1. The minimum absolute atomic E-state index is 0.309. The van der Waals surface area contributed by atoms with Crippen LogP contribution in [-0.4, -0.2) is 30.0 Å². The van der Waals surface area contributed by atoms with E-state index in [4.69, 9.17) is 9.15 Å². The summed E-state index contributed by atoms with van der Waals surface area (Å²) in [5.41, 5.74) is 3.54. The van der Waals surface area contributed by atoms with Crippen LogP contribution in [0.4, 0.5) is 0 Å². The molecular formula is C21H20N2O4. The number of rotatable bonds is 7. The summed E-state index contributed by atoms with van der Waals surface area (Å²) in [5.74, 6) is -0.258. The fourth-order valence-electron chi connectivity index (χ4n) is 2.62. The number of oxazole rings is 1. The number of carbonyl (C=O) groups is 2. The van der Waals surface area contributed by atoms with Crippen molar-refractivity contribution in [2.45, 2.75) is 13.3 Å². The number of hydrogen-bond donors (Lipinski definition) is 1. The molecule has 1 heterocycles. The second-order valence-electron chi connectivity index (χ2n) is 6.05. The van der Waals surface area contributed by atoms with Gasteiger partial charge in [0, 0.05) is 12.1 Å². The second-order valence-corrected chi connectivity index (χ2v) is 6.05. The molecule has 1 amide bonds. The van der Waals surface area contributed by atoms with Crippen molar-refractivity contribution in [2.24, 2.45) is 0 Å². The molecule has 0 saturated heterocycles. The van der Waals surface area contributed by atoms with E-state index in [1.165, 1.54) is 17.5 Å². The Morgan fingerprint density at radius 3 is 2.59 bits per heavy atom. The van der Waals surface area contributed by atoms with E-state index >= 15 is 0 Å². The van der Waals surface area contributed by atoms with Crippen molar-refractivity contribution in [1.82, 2.24) is 10.3 Å². The zero-order valence-electron chi connectivity index (χ0n) is 15.0. The highest BCUT2D eigenvalue weighted by molar-refractivity contribution is 5.91. The zero-order chi connectivity index (χ0) is 19.1. The number of carbonyl (C=O) groups excluding carboxylic acids is 2. The summed E-state index contributed by atoms with van der Waals surface area (Å²) in [6.07, 6.45) is 3.67. The predicted molar refractivity (Wildman–Crippen MR) is 100 cm³/mol. The van der Waals surface area contributed by atoms with Crippen LogP contribution in [-0.2, 0) is 16.0 Å². The van der Waals surface area contributed by atoms with E-state index in [9.17, 15) is 9.59 Å². The summed E-state index contributed by atoms with van der Waals surface area (Å²) in [6, 6.07) is 14.7. The molecule has 0 aliphatic carbocycles. The molecule has 0 aliphatic rings. The summed E-state index contributed by atoms with van der Waals surface area (Å²) in [7, 11) is 0. The highest BCUT2D eigenvalue weighted by atomic mass is 16.5. The van der Waals surface area contributed by atoms with E-state index in [-0.39, 0.29) is 12.5 Å². The van der Waals surface area contributed by atoms with Gasteiger partial charge in [-0.3, -0.25) is 4.79 Å². The van der Waals surface area contributed by atoms with E-state index in [0.717, 1.165) is 12.0 Å². The molecule has 1 N–H and O–H groups in total. The Hall–Kier alpha value is -3.41. The van der Waals surface area contributed by atoms with Gasteiger partial charge in [-0.15, -0.1) is 0 Å². The average Bonchev–Trinajstić information content (AvgIpc) is 3.22. The van der Waals surface area contributed by atoms with Crippen molar-refractivity contribution in [2.75, 3.05) is 13.2 Å². The molecule has 138 valence electrons.